The number of rotatable bonds is 5. The Morgan fingerprint density at radius 2 is 1.79 bits per heavy atom. The molecule has 2 aromatic rings. The van der Waals surface area contributed by atoms with Crippen LogP contribution in [0.1, 0.15) is 27.4 Å². The normalized spacial score (nSPS) is 12.6. The van der Waals surface area contributed by atoms with E-state index in [2.05, 4.69) is 54.7 Å². The number of likely N-dealkylation sites (N-methyl/N-ethyl adjacent to an activating group) is 1. The fourth-order valence-corrected chi connectivity index (χ4v) is 3.13. The third-order valence-electron chi connectivity index (χ3n) is 3.29. The van der Waals surface area contributed by atoms with Gasteiger partial charge in [-0.1, -0.05) is 29.3 Å². The number of aryl methyl sites for hydroxylation is 3. The first-order valence-corrected chi connectivity index (χ1v) is 7.60. The van der Waals surface area contributed by atoms with E-state index in [1.54, 1.807) is 11.3 Å². The Morgan fingerprint density at radius 1 is 1.11 bits per heavy atom. The van der Waals surface area contributed by atoms with Crippen molar-refractivity contribution in [3.8, 4) is 0 Å². The SMILES string of the molecule is CNC(Cc1cc(C)cc(C)c1)Cc1csc(C)n1. The highest BCUT2D eigenvalue weighted by Crippen LogP contribution is 2.14. The van der Waals surface area contributed by atoms with Crippen LogP contribution in [0, 0.1) is 20.8 Å². The zero-order valence-electron chi connectivity index (χ0n) is 12.2. The van der Waals surface area contributed by atoms with Crippen molar-refractivity contribution in [1.29, 1.82) is 0 Å². The van der Waals surface area contributed by atoms with E-state index in [9.17, 15) is 0 Å². The Morgan fingerprint density at radius 3 is 2.32 bits per heavy atom. The largest absolute Gasteiger partial charge is 0.316 e. The molecule has 0 saturated carbocycles. The van der Waals surface area contributed by atoms with E-state index in [4.69, 9.17) is 0 Å². The van der Waals surface area contributed by atoms with Gasteiger partial charge in [0.1, 0.15) is 0 Å². The minimum Gasteiger partial charge on any atom is -0.316 e. The van der Waals surface area contributed by atoms with Gasteiger partial charge >= 0.3 is 0 Å². The maximum absolute atomic E-state index is 4.55. The van der Waals surface area contributed by atoms with Crippen LogP contribution < -0.4 is 5.32 Å². The highest BCUT2D eigenvalue weighted by Gasteiger charge is 2.11. The Balaban J connectivity index is 2.06. The van der Waals surface area contributed by atoms with Crippen molar-refractivity contribution in [2.45, 2.75) is 39.7 Å². The van der Waals surface area contributed by atoms with Crippen molar-refractivity contribution in [3.63, 3.8) is 0 Å². The molecular weight excluding hydrogens is 252 g/mol. The Hall–Kier alpha value is -1.19. The zero-order valence-corrected chi connectivity index (χ0v) is 13.0. The number of benzene rings is 1. The van der Waals surface area contributed by atoms with E-state index in [1.165, 1.54) is 22.4 Å². The summed E-state index contributed by atoms with van der Waals surface area (Å²) in [6.45, 7) is 6.38. The zero-order chi connectivity index (χ0) is 13.8. The molecule has 0 aliphatic rings. The summed E-state index contributed by atoms with van der Waals surface area (Å²) in [6.07, 6.45) is 2.05. The van der Waals surface area contributed by atoms with E-state index in [0.29, 0.717) is 6.04 Å². The summed E-state index contributed by atoms with van der Waals surface area (Å²) in [4.78, 5) is 4.55. The van der Waals surface area contributed by atoms with Crippen molar-refractivity contribution < 1.29 is 0 Å². The quantitative estimate of drug-likeness (QED) is 0.903. The molecule has 0 radical (unpaired) electrons. The molecule has 0 amide bonds. The number of aromatic nitrogens is 1. The van der Waals surface area contributed by atoms with Crippen LogP contribution in [0.4, 0.5) is 0 Å². The summed E-state index contributed by atoms with van der Waals surface area (Å²) in [7, 11) is 2.03. The van der Waals surface area contributed by atoms with Gasteiger partial charge in [-0.05, 0) is 39.8 Å². The van der Waals surface area contributed by atoms with Gasteiger partial charge < -0.3 is 5.32 Å². The minimum absolute atomic E-state index is 0.447. The van der Waals surface area contributed by atoms with Crippen LogP contribution >= 0.6 is 11.3 Å². The molecule has 0 spiro atoms. The van der Waals surface area contributed by atoms with Crippen LogP contribution in [-0.4, -0.2) is 18.1 Å². The fraction of sp³-hybridized carbons (Fsp3) is 0.438. The smallest absolute Gasteiger partial charge is 0.0897 e. The monoisotopic (exact) mass is 274 g/mol. The van der Waals surface area contributed by atoms with Crippen LogP contribution in [0.15, 0.2) is 23.6 Å². The lowest BCUT2D eigenvalue weighted by atomic mass is 9.99. The van der Waals surface area contributed by atoms with E-state index in [-0.39, 0.29) is 0 Å². The van der Waals surface area contributed by atoms with Crippen LogP contribution in [0.2, 0.25) is 0 Å². The van der Waals surface area contributed by atoms with Gasteiger partial charge in [0, 0.05) is 17.8 Å². The van der Waals surface area contributed by atoms with E-state index >= 15 is 0 Å². The van der Waals surface area contributed by atoms with Gasteiger partial charge in [0.05, 0.1) is 10.7 Å². The average Bonchev–Trinajstić information content (AvgIpc) is 2.72. The van der Waals surface area contributed by atoms with Crippen molar-refractivity contribution >= 4 is 11.3 Å². The number of hydrogen-bond donors (Lipinski definition) is 1. The molecule has 0 bridgehead atoms. The van der Waals surface area contributed by atoms with Crippen LogP contribution in [-0.2, 0) is 12.8 Å². The molecular formula is C16H22N2S. The van der Waals surface area contributed by atoms with Crippen molar-refractivity contribution in [2.75, 3.05) is 7.05 Å². The van der Waals surface area contributed by atoms with Crippen molar-refractivity contribution in [2.24, 2.45) is 0 Å². The van der Waals surface area contributed by atoms with E-state index < -0.39 is 0 Å². The molecule has 1 heterocycles. The number of thiazole rings is 1. The fourth-order valence-electron chi connectivity index (χ4n) is 2.50. The first-order chi connectivity index (χ1) is 9.06. The van der Waals surface area contributed by atoms with Gasteiger partial charge in [-0.25, -0.2) is 4.98 Å². The highest BCUT2D eigenvalue weighted by molar-refractivity contribution is 7.09. The van der Waals surface area contributed by atoms with Crippen LogP contribution in [0.5, 0.6) is 0 Å². The molecule has 3 heteroatoms. The van der Waals surface area contributed by atoms with E-state index in [1.807, 2.05) is 7.05 Å². The summed E-state index contributed by atoms with van der Waals surface area (Å²) in [5.74, 6) is 0. The van der Waals surface area contributed by atoms with Gasteiger partial charge in [-0.3, -0.25) is 0 Å². The Labute approximate surface area is 119 Å². The summed E-state index contributed by atoms with van der Waals surface area (Å²) in [6, 6.07) is 7.23. The predicted molar refractivity (Wildman–Crippen MR) is 83.0 cm³/mol. The molecule has 1 aromatic carbocycles. The lowest BCUT2D eigenvalue weighted by molar-refractivity contribution is 0.551. The Kier molecular flexibility index (Phi) is 4.72. The van der Waals surface area contributed by atoms with Crippen LogP contribution in [0.25, 0.3) is 0 Å². The standard InChI is InChI=1S/C16H22N2S/c1-11-5-12(2)7-14(6-11)8-15(17-4)9-16-10-19-13(3)18-16/h5-7,10,15,17H,8-9H2,1-4H3. The van der Waals surface area contributed by atoms with Gasteiger partial charge in [-0.2, -0.15) is 0 Å². The lowest BCUT2D eigenvalue weighted by Gasteiger charge is -2.16. The number of hydrogen-bond acceptors (Lipinski definition) is 3. The molecule has 2 rings (SSSR count). The summed E-state index contributed by atoms with van der Waals surface area (Å²) in [5, 5.41) is 6.73. The molecule has 1 N–H and O–H groups in total. The molecule has 0 aliphatic heterocycles. The minimum atomic E-state index is 0.447. The molecule has 1 aromatic heterocycles. The third-order valence-corrected chi connectivity index (χ3v) is 4.12. The predicted octanol–water partition coefficient (Wildman–Crippen LogP) is 3.44. The second kappa shape index (κ2) is 6.31. The summed E-state index contributed by atoms with van der Waals surface area (Å²) in [5.41, 5.74) is 5.29. The maximum Gasteiger partial charge on any atom is 0.0897 e. The number of nitrogens with one attached hydrogen (secondary N) is 1. The highest BCUT2D eigenvalue weighted by atomic mass is 32.1. The summed E-state index contributed by atoms with van der Waals surface area (Å²) < 4.78 is 0. The third kappa shape index (κ3) is 4.15. The topological polar surface area (TPSA) is 24.9 Å². The molecule has 0 saturated heterocycles. The second-order valence-corrected chi connectivity index (χ2v) is 6.31. The molecule has 2 nitrogen and oxygen atoms in total. The molecule has 19 heavy (non-hydrogen) atoms. The van der Waals surface area contributed by atoms with Gasteiger partial charge in [-0.15, -0.1) is 11.3 Å². The molecule has 1 unspecified atom stereocenters. The average molecular weight is 274 g/mol. The lowest BCUT2D eigenvalue weighted by Crippen LogP contribution is -2.30. The van der Waals surface area contributed by atoms with Gasteiger partial charge in [0.25, 0.3) is 0 Å². The molecule has 0 fully saturated rings. The van der Waals surface area contributed by atoms with Crippen molar-refractivity contribution in [1.82, 2.24) is 10.3 Å². The van der Waals surface area contributed by atoms with E-state index in [0.717, 1.165) is 17.8 Å². The number of nitrogens with zero attached hydrogens (tertiary/aromatic N) is 1. The first kappa shape index (κ1) is 14.2. The second-order valence-electron chi connectivity index (χ2n) is 5.25. The van der Waals surface area contributed by atoms with Crippen LogP contribution in [0.3, 0.4) is 0 Å². The van der Waals surface area contributed by atoms with Crippen molar-refractivity contribution in [3.05, 3.63) is 51.0 Å². The first-order valence-electron chi connectivity index (χ1n) is 6.72. The molecule has 1 atom stereocenters. The maximum atomic E-state index is 4.55. The molecule has 0 aliphatic carbocycles. The molecule has 102 valence electrons. The summed E-state index contributed by atoms with van der Waals surface area (Å²) >= 11 is 1.73. The Bertz CT molecular complexity index is 525. The van der Waals surface area contributed by atoms with Gasteiger partial charge in [0.15, 0.2) is 0 Å². The van der Waals surface area contributed by atoms with Gasteiger partial charge in [0.2, 0.25) is 0 Å².